The lowest BCUT2D eigenvalue weighted by Gasteiger charge is -2.26. The van der Waals surface area contributed by atoms with Gasteiger partial charge in [-0.2, -0.15) is 9.40 Å². The molecule has 1 aliphatic heterocycles. The number of aryl methyl sites for hydroxylation is 2. The van der Waals surface area contributed by atoms with E-state index in [0.29, 0.717) is 44.2 Å². The molecule has 1 fully saturated rings. The minimum absolute atomic E-state index is 0.00628. The van der Waals surface area contributed by atoms with Gasteiger partial charge in [0.1, 0.15) is 11.4 Å². The molecule has 2 heterocycles. The zero-order valence-corrected chi connectivity index (χ0v) is 18.2. The second kappa shape index (κ2) is 8.64. The lowest BCUT2D eigenvalue weighted by atomic mass is 10.1. The van der Waals surface area contributed by atoms with Crippen molar-refractivity contribution >= 4 is 15.9 Å². The van der Waals surface area contributed by atoms with E-state index in [1.165, 1.54) is 14.6 Å². The summed E-state index contributed by atoms with van der Waals surface area (Å²) in [5.74, 6) is -0.133. The molecule has 0 bridgehead atoms. The van der Waals surface area contributed by atoms with Gasteiger partial charge in [0.2, 0.25) is 15.9 Å². The summed E-state index contributed by atoms with van der Waals surface area (Å²) < 4.78 is 34.3. The van der Waals surface area contributed by atoms with Crippen molar-refractivity contribution in [2.24, 2.45) is 0 Å². The van der Waals surface area contributed by atoms with Crippen LogP contribution in [0.15, 0.2) is 29.2 Å². The van der Waals surface area contributed by atoms with Gasteiger partial charge in [-0.1, -0.05) is 29.8 Å². The molecular weight excluding hydrogens is 392 g/mol. The number of nitrogens with zero attached hydrogens (tertiary/aromatic N) is 4. The number of carbonyl (C=O) groups is 1. The largest absolute Gasteiger partial charge is 0.379 e. The number of rotatable bonds is 6. The third kappa shape index (κ3) is 4.68. The summed E-state index contributed by atoms with van der Waals surface area (Å²) >= 11 is 0. The molecule has 0 atom stereocenters. The summed E-state index contributed by atoms with van der Waals surface area (Å²) in [5.41, 5.74) is 3.09. The molecule has 1 aromatic heterocycles. The first-order valence-corrected chi connectivity index (χ1v) is 11.1. The molecule has 0 N–H and O–H groups in total. The fourth-order valence-corrected chi connectivity index (χ4v) is 5.21. The Bertz CT molecular complexity index is 977. The second-order valence-electron chi connectivity index (χ2n) is 7.41. The van der Waals surface area contributed by atoms with Crippen molar-refractivity contribution in [1.82, 2.24) is 19.0 Å². The molecule has 3 rings (SSSR count). The molecule has 9 heteroatoms. The highest BCUT2D eigenvalue weighted by Crippen LogP contribution is 2.24. The first-order valence-electron chi connectivity index (χ1n) is 9.61. The lowest BCUT2D eigenvalue weighted by Crippen LogP contribution is -2.41. The van der Waals surface area contributed by atoms with Crippen molar-refractivity contribution in [2.75, 3.05) is 33.4 Å². The highest BCUT2D eigenvalue weighted by Gasteiger charge is 2.32. The van der Waals surface area contributed by atoms with E-state index in [2.05, 4.69) is 5.10 Å². The van der Waals surface area contributed by atoms with Crippen LogP contribution in [0.25, 0.3) is 0 Å². The number of ether oxygens (including phenoxy) is 1. The minimum Gasteiger partial charge on any atom is -0.379 e. The van der Waals surface area contributed by atoms with E-state index in [-0.39, 0.29) is 17.3 Å². The van der Waals surface area contributed by atoms with E-state index < -0.39 is 10.0 Å². The monoisotopic (exact) mass is 420 g/mol. The Labute approximate surface area is 172 Å². The molecule has 0 spiro atoms. The minimum atomic E-state index is -3.67. The molecule has 1 amide bonds. The van der Waals surface area contributed by atoms with Crippen LogP contribution >= 0.6 is 0 Å². The number of sulfonamides is 1. The summed E-state index contributed by atoms with van der Waals surface area (Å²) in [6.45, 7) is 7.27. The van der Waals surface area contributed by atoms with Crippen LogP contribution in [0.2, 0.25) is 0 Å². The number of likely N-dealkylation sites (N-methyl/N-ethyl adjacent to an activating group) is 1. The number of amides is 1. The second-order valence-corrected chi connectivity index (χ2v) is 9.28. The van der Waals surface area contributed by atoms with E-state index in [0.717, 1.165) is 5.56 Å². The van der Waals surface area contributed by atoms with Crippen molar-refractivity contribution < 1.29 is 17.9 Å². The Morgan fingerprint density at radius 1 is 1.14 bits per heavy atom. The molecule has 0 radical (unpaired) electrons. The van der Waals surface area contributed by atoms with E-state index >= 15 is 0 Å². The average Bonchev–Trinajstić information content (AvgIpc) is 2.98. The molecular formula is C20H28N4O4S. The maximum atomic E-state index is 13.1. The number of benzene rings is 1. The van der Waals surface area contributed by atoms with Gasteiger partial charge in [0.05, 0.1) is 24.6 Å². The molecule has 0 saturated carbocycles. The van der Waals surface area contributed by atoms with E-state index in [9.17, 15) is 13.2 Å². The highest BCUT2D eigenvalue weighted by molar-refractivity contribution is 7.89. The van der Waals surface area contributed by atoms with Gasteiger partial charge < -0.3 is 9.64 Å². The van der Waals surface area contributed by atoms with Crippen molar-refractivity contribution in [3.8, 4) is 0 Å². The smallest absolute Gasteiger partial charge is 0.246 e. The lowest BCUT2D eigenvalue weighted by molar-refractivity contribution is -0.131. The predicted molar refractivity (Wildman–Crippen MR) is 109 cm³/mol. The Kier molecular flexibility index (Phi) is 6.40. The highest BCUT2D eigenvalue weighted by atomic mass is 32.2. The molecule has 8 nitrogen and oxygen atoms in total. The SMILES string of the molecule is Cc1ccc(CN(C)C(=O)Cn2nc(C)c(S(=O)(=O)N3CCOCC3)c2C)cc1. The summed E-state index contributed by atoms with van der Waals surface area (Å²) in [7, 11) is -1.93. The van der Waals surface area contributed by atoms with Gasteiger partial charge in [-0.3, -0.25) is 9.48 Å². The quantitative estimate of drug-likeness (QED) is 0.707. The molecule has 0 unspecified atom stereocenters. The number of hydrogen-bond donors (Lipinski definition) is 0. The number of hydrogen-bond acceptors (Lipinski definition) is 5. The summed E-state index contributed by atoms with van der Waals surface area (Å²) in [4.78, 5) is 14.5. The fourth-order valence-electron chi connectivity index (χ4n) is 3.43. The van der Waals surface area contributed by atoms with Gasteiger partial charge in [-0.15, -0.1) is 0 Å². The maximum Gasteiger partial charge on any atom is 0.246 e. The van der Waals surface area contributed by atoms with Crippen LogP contribution in [0.4, 0.5) is 0 Å². The normalized spacial score (nSPS) is 15.4. The molecule has 1 saturated heterocycles. The zero-order chi connectivity index (χ0) is 21.2. The third-order valence-corrected chi connectivity index (χ3v) is 7.29. The van der Waals surface area contributed by atoms with Crippen LogP contribution in [-0.4, -0.2) is 66.7 Å². The molecule has 1 aliphatic rings. The third-order valence-electron chi connectivity index (χ3n) is 5.13. The van der Waals surface area contributed by atoms with Crippen molar-refractivity contribution in [3.05, 3.63) is 46.8 Å². The van der Waals surface area contributed by atoms with E-state index in [4.69, 9.17) is 4.74 Å². The van der Waals surface area contributed by atoms with Gasteiger partial charge in [0.15, 0.2) is 0 Å². The van der Waals surface area contributed by atoms with Crippen LogP contribution in [0.1, 0.15) is 22.5 Å². The molecule has 0 aliphatic carbocycles. The summed E-state index contributed by atoms with van der Waals surface area (Å²) in [5, 5.41) is 4.34. The van der Waals surface area contributed by atoms with Gasteiger partial charge in [-0.05, 0) is 26.3 Å². The predicted octanol–water partition coefficient (Wildman–Crippen LogP) is 1.49. The zero-order valence-electron chi connectivity index (χ0n) is 17.4. The van der Waals surface area contributed by atoms with Gasteiger partial charge >= 0.3 is 0 Å². The van der Waals surface area contributed by atoms with Crippen molar-refractivity contribution in [3.63, 3.8) is 0 Å². The summed E-state index contributed by atoms with van der Waals surface area (Å²) in [6.07, 6.45) is 0. The van der Waals surface area contributed by atoms with Gasteiger partial charge in [0.25, 0.3) is 0 Å². The Morgan fingerprint density at radius 3 is 2.38 bits per heavy atom. The molecule has 1 aromatic carbocycles. The van der Waals surface area contributed by atoms with Crippen LogP contribution in [0.3, 0.4) is 0 Å². The topological polar surface area (TPSA) is 84.7 Å². The maximum absolute atomic E-state index is 13.1. The number of carbonyl (C=O) groups excluding carboxylic acids is 1. The van der Waals surface area contributed by atoms with Gasteiger partial charge in [-0.25, -0.2) is 8.42 Å². The van der Waals surface area contributed by atoms with Crippen molar-refractivity contribution in [1.29, 1.82) is 0 Å². The average molecular weight is 421 g/mol. The molecule has 29 heavy (non-hydrogen) atoms. The van der Waals surface area contributed by atoms with E-state index in [1.54, 1.807) is 25.8 Å². The Balaban J connectivity index is 1.75. The molecule has 158 valence electrons. The van der Waals surface area contributed by atoms with Crippen LogP contribution in [0, 0.1) is 20.8 Å². The number of aromatic nitrogens is 2. The fraction of sp³-hybridized carbons (Fsp3) is 0.500. The standard InChI is InChI=1S/C20H28N4O4S/c1-15-5-7-18(8-6-15)13-22(4)19(25)14-24-17(3)20(16(2)21-24)29(26,27)23-9-11-28-12-10-23/h5-8H,9-14H2,1-4H3. The van der Waals surface area contributed by atoms with Crippen LogP contribution in [0.5, 0.6) is 0 Å². The Morgan fingerprint density at radius 2 is 1.76 bits per heavy atom. The van der Waals surface area contributed by atoms with Crippen molar-refractivity contribution in [2.45, 2.75) is 38.8 Å². The van der Waals surface area contributed by atoms with Crippen LogP contribution in [-0.2, 0) is 32.6 Å². The first kappa shape index (κ1) is 21.5. The molecule has 2 aromatic rings. The summed E-state index contributed by atoms with van der Waals surface area (Å²) in [6, 6.07) is 8.01. The Hall–Kier alpha value is -2.23. The van der Waals surface area contributed by atoms with Crippen LogP contribution < -0.4 is 0 Å². The first-order chi connectivity index (χ1) is 13.7. The number of morpholine rings is 1. The van der Waals surface area contributed by atoms with E-state index in [1.807, 2.05) is 31.2 Å². The van der Waals surface area contributed by atoms with Gasteiger partial charge in [0, 0.05) is 26.7 Å².